The second-order valence-electron chi connectivity index (χ2n) is 12.2. The molecule has 3 amide bonds. The molecule has 2 atom stereocenters. The van der Waals surface area contributed by atoms with Gasteiger partial charge in [-0.2, -0.15) is 0 Å². The van der Waals surface area contributed by atoms with Gasteiger partial charge in [-0.3, -0.25) is 4.79 Å². The average Bonchev–Trinajstić information content (AvgIpc) is 3.48. The van der Waals surface area contributed by atoms with Crippen molar-refractivity contribution in [3.05, 3.63) is 131 Å². The molecule has 0 aromatic heterocycles. The van der Waals surface area contributed by atoms with Crippen LogP contribution in [0.15, 0.2) is 109 Å². The van der Waals surface area contributed by atoms with Crippen molar-refractivity contribution in [1.29, 1.82) is 0 Å². The van der Waals surface area contributed by atoms with E-state index < -0.39 is 36.1 Å². The molecule has 0 unspecified atom stereocenters. The highest BCUT2D eigenvalue weighted by molar-refractivity contribution is 5.89. The number of fused-ring (bicyclic) bond motifs is 3. The Labute approximate surface area is 292 Å². The first-order valence-electron chi connectivity index (χ1n) is 16.8. The first-order chi connectivity index (χ1) is 24.4. The van der Waals surface area contributed by atoms with Crippen molar-refractivity contribution in [2.45, 2.75) is 50.3 Å². The highest BCUT2D eigenvalue weighted by atomic mass is 16.6. The van der Waals surface area contributed by atoms with E-state index in [4.69, 9.17) is 14.2 Å². The van der Waals surface area contributed by atoms with Crippen LogP contribution in [0.1, 0.15) is 47.4 Å². The summed E-state index contributed by atoms with van der Waals surface area (Å²) in [6.07, 6.45) is 0.202. The van der Waals surface area contributed by atoms with Crippen molar-refractivity contribution in [1.82, 2.24) is 15.5 Å². The number of alkyl carbamates (subject to hydrolysis) is 2. The zero-order valence-corrected chi connectivity index (χ0v) is 28.4. The van der Waals surface area contributed by atoms with E-state index in [1.807, 2.05) is 97.1 Å². The molecule has 4 aromatic rings. The Morgan fingerprint density at radius 1 is 0.720 bits per heavy atom. The van der Waals surface area contributed by atoms with Gasteiger partial charge >= 0.3 is 18.2 Å². The Kier molecular flexibility index (Phi) is 12.6. The van der Waals surface area contributed by atoms with Gasteiger partial charge in [-0.15, -0.1) is 0 Å². The number of rotatable bonds is 15. The molecule has 0 radical (unpaired) electrons. The lowest BCUT2D eigenvalue weighted by molar-refractivity contribution is -0.152. The highest BCUT2D eigenvalue weighted by Gasteiger charge is 2.34. The van der Waals surface area contributed by atoms with E-state index in [-0.39, 0.29) is 32.0 Å². The molecule has 260 valence electrons. The number of likely N-dealkylation sites (N-methyl/N-ethyl adjacent to an activating group) is 1. The maximum atomic E-state index is 14.0. The van der Waals surface area contributed by atoms with Crippen LogP contribution in [0.4, 0.5) is 9.59 Å². The topological polar surface area (TPSA) is 123 Å². The van der Waals surface area contributed by atoms with Crippen molar-refractivity contribution in [2.24, 2.45) is 0 Å². The van der Waals surface area contributed by atoms with Gasteiger partial charge in [-0.1, -0.05) is 109 Å². The van der Waals surface area contributed by atoms with Crippen LogP contribution in [0, 0.1) is 0 Å². The van der Waals surface area contributed by atoms with Crippen LogP contribution in [0.3, 0.4) is 0 Å². The molecule has 0 bridgehead atoms. The summed E-state index contributed by atoms with van der Waals surface area (Å²) in [5, 5.41) is 5.49. The molecule has 0 spiro atoms. The van der Waals surface area contributed by atoms with E-state index in [1.54, 1.807) is 0 Å². The van der Waals surface area contributed by atoms with Gasteiger partial charge in [0, 0.05) is 25.9 Å². The van der Waals surface area contributed by atoms with Crippen LogP contribution in [0.2, 0.25) is 0 Å². The summed E-state index contributed by atoms with van der Waals surface area (Å²) in [4.78, 5) is 53.7. The van der Waals surface area contributed by atoms with E-state index in [0.717, 1.165) is 33.4 Å². The summed E-state index contributed by atoms with van der Waals surface area (Å²) in [6, 6.07) is 32.9. The molecule has 5 rings (SSSR count). The van der Waals surface area contributed by atoms with E-state index >= 15 is 0 Å². The van der Waals surface area contributed by atoms with Gasteiger partial charge in [0.2, 0.25) is 5.91 Å². The standard InChI is InChI=1S/C40H43N3O7/c1-43(36(38(45)48-2)25-28-15-5-3-6-16-28)37(44)35(23-13-14-24-41-39(46)49-26-29-17-7-4-8-18-29)42-40(47)50-27-34-32-21-11-9-19-30(32)31-20-10-12-22-33(31)34/h3-12,15-22,34-36H,13-14,23-27H2,1-2H3,(H,41,46)(H,42,47)/t35-,36-/m0/s1. The number of nitrogens with zero attached hydrogens (tertiary/aromatic N) is 1. The molecule has 1 aliphatic rings. The Hall–Kier alpha value is -5.64. The number of amides is 3. The van der Waals surface area contributed by atoms with Gasteiger partial charge in [-0.25, -0.2) is 14.4 Å². The van der Waals surface area contributed by atoms with Gasteiger partial charge in [0.05, 0.1) is 7.11 Å². The van der Waals surface area contributed by atoms with Crippen molar-refractivity contribution in [2.75, 3.05) is 27.3 Å². The fraction of sp³-hybridized carbons (Fsp3) is 0.300. The van der Waals surface area contributed by atoms with Crippen LogP contribution >= 0.6 is 0 Å². The predicted molar refractivity (Wildman–Crippen MR) is 189 cm³/mol. The second kappa shape index (κ2) is 17.7. The van der Waals surface area contributed by atoms with Gasteiger partial charge in [0.15, 0.2) is 0 Å². The molecule has 50 heavy (non-hydrogen) atoms. The fourth-order valence-corrected chi connectivity index (χ4v) is 6.23. The monoisotopic (exact) mass is 677 g/mol. The molecule has 10 nitrogen and oxygen atoms in total. The number of carbonyl (C=O) groups excluding carboxylic acids is 4. The van der Waals surface area contributed by atoms with Crippen molar-refractivity contribution in [3.8, 4) is 11.1 Å². The zero-order chi connectivity index (χ0) is 35.3. The largest absolute Gasteiger partial charge is 0.467 e. The molecule has 2 N–H and O–H groups in total. The first-order valence-corrected chi connectivity index (χ1v) is 16.8. The average molecular weight is 678 g/mol. The van der Waals surface area contributed by atoms with Crippen LogP contribution in [0.5, 0.6) is 0 Å². The van der Waals surface area contributed by atoms with Crippen molar-refractivity contribution >= 4 is 24.1 Å². The molecule has 10 heteroatoms. The number of methoxy groups -OCH3 is 1. The molecule has 4 aromatic carbocycles. The summed E-state index contributed by atoms with van der Waals surface area (Å²) in [6.45, 7) is 0.558. The number of esters is 1. The van der Waals surface area contributed by atoms with Crippen LogP contribution in [0.25, 0.3) is 11.1 Å². The Balaban J connectivity index is 1.22. The van der Waals surface area contributed by atoms with Crippen LogP contribution in [-0.2, 0) is 36.8 Å². The smallest absolute Gasteiger partial charge is 0.407 e. The summed E-state index contributed by atoms with van der Waals surface area (Å²) in [5.74, 6) is -1.17. The van der Waals surface area contributed by atoms with Crippen molar-refractivity contribution in [3.63, 3.8) is 0 Å². The number of nitrogens with one attached hydrogen (secondary N) is 2. The third-order valence-corrected chi connectivity index (χ3v) is 8.90. The normalized spacial score (nSPS) is 12.8. The minimum absolute atomic E-state index is 0.0877. The third-order valence-electron chi connectivity index (χ3n) is 8.90. The van der Waals surface area contributed by atoms with Crippen molar-refractivity contribution < 1.29 is 33.4 Å². The summed E-state index contributed by atoms with van der Waals surface area (Å²) >= 11 is 0. The molecule has 0 saturated heterocycles. The highest BCUT2D eigenvalue weighted by Crippen LogP contribution is 2.44. The van der Waals surface area contributed by atoms with E-state index in [1.165, 1.54) is 19.1 Å². The molecule has 0 heterocycles. The fourth-order valence-electron chi connectivity index (χ4n) is 6.23. The van der Waals surface area contributed by atoms with E-state index in [0.29, 0.717) is 19.4 Å². The quantitative estimate of drug-likeness (QED) is 0.0869. The van der Waals surface area contributed by atoms with Gasteiger partial charge in [0.25, 0.3) is 0 Å². The minimum atomic E-state index is -0.997. The summed E-state index contributed by atoms with van der Waals surface area (Å²) in [5.41, 5.74) is 6.10. The number of hydrogen-bond donors (Lipinski definition) is 2. The lowest BCUT2D eigenvalue weighted by Gasteiger charge is -2.30. The number of ether oxygens (including phenoxy) is 3. The molecule has 1 aliphatic carbocycles. The van der Waals surface area contributed by atoms with Gasteiger partial charge < -0.3 is 29.7 Å². The summed E-state index contributed by atoms with van der Waals surface area (Å²) < 4.78 is 16.1. The predicted octanol–water partition coefficient (Wildman–Crippen LogP) is 6.23. The van der Waals surface area contributed by atoms with Crippen LogP contribution in [-0.4, -0.2) is 68.4 Å². The van der Waals surface area contributed by atoms with E-state index in [9.17, 15) is 19.2 Å². The maximum absolute atomic E-state index is 14.0. The second-order valence-corrected chi connectivity index (χ2v) is 12.2. The van der Waals surface area contributed by atoms with Gasteiger partial charge in [-0.05, 0) is 52.6 Å². The molecule has 0 aliphatic heterocycles. The Morgan fingerprint density at radius 3 is 1.92 bits per heavy atom. The Morgan fingerprint density at radius 2 is 1.30 bits per heavy atom. The number of unbranched alkanes of at least 4 members (excludes halogenated alkanes) is 1. The first kappa shape index (κ1) is 35.7. The number of carbonyl (C=O) groups is 4. The molecule has 0 saturated carbocycles. The molecule has 0 fully saturated rings. The number of hydrogen-bond acceptors (Lipinski definition) is 7. The molecular formula is C40H43N3O7. The lowest BCUT2D eigenvalue weighted by atomic mass is 9.98. The maximum Gasteiger partial charge on any atom is 0.407 e. The minimum Gasteiger partial charge on any atom is -0.467 e. The zero-order valence-electron chi connectivity index (χ0n) is 28.4. The number of benzene rings is 4. The molecular weight excluding hydrogens is 634 g/mol. The Bertz CT molecular complexity index is 1700. The summed E-state index contributed by atoms with van der Waals surface area (Å²) in [7, 11) is 2.81. The van der Waals surface area contributed by atoms with Gasteiger partial charge in [0.1, 0.15) is 25.3 Å². The third kappa shape index (κ3) is 9.28. The SMILES string of the molecule is COC(=O)[C@H](Cc1ccccc1)N(C)C(=O)[C@H](CCCCNC(=O)OCc1ccccc1)NC(=O)OCC1c2ccccc2-c2ccccc21. The van der Waals surface area contributed by atoms with E-state index in [2.05, 4.69) is 22.8 Å². The lowest BCUT2D eigenvalue weighted by Crippen LogP contribution is -2.53. The van der Waals surface area contributed by atoms with Crippen LogP contribution < -0.4 is 10.6 Å².